The van der Waals surface area contributed by atoms with Gasteiger partial charge in [0.15, 0.2) is 9.55 Å². The number of aromatic nitrogens is 2. The summed E-state index contributed by atoms with van der Waals surface area (Å²) in [5.41, 5.74) is 4.30. The molecule has 24 heavy (non-hydrogen) atoms. The first-order chi connectivity index (χ1) is 11.6. The van der Waals surface area contributed by atoms with E-state index in [0.29, 0.717) is 6.42 Å². The van der Waals surface area contributed by atoms with Crippen LogP contribution in [-0.4, -0.2) is 13.9 Å². The lowest BCUT2D eigenvalue weighted by Crippen LogP contribution is -1.95. The Bertz CT molecular complexity index is 916. The molecular formula is C19H13IN2O2. The second-order valence-electron chi connectivity index (χ2n) is 5.23. The number of halogens is 1. The van der Waals surface area contributed by atoms with Crippen molar-refractivity contribution in [2.24, 2.45) is 0 Å². The Kier molecular flexibility index (Phi) is 5.06. The smallest absolute Gasteiger partial charge is 0.198 e. The molecule has 4 nitrogen and oxygen atoms in total. The first-order valence-corrected chi connectivity index (χ1v) is 8.37. The van der Waals surface area contributed by atoms with Gasteiger partial charge < -0.3 is 4.52 Å². The summed E-state index contributed by atoms with van der Waals surface area (Å²) in [6.45, 7) is 1.89. The lowest BCUT2D eigenvalue weighted by molar-refractivity contribution is -0.108. The Labute approximate surface area is 153 Å². The molecule has 5 heteroatoms. The number of hydrogen-bond acceptors (Lipinski definition) is 4. The molecule has 3 aromatic rings. The van der Waals surface area contributed by atoms with Crippen LogP contribution in [-0.2, 0) is 11.2 Å². The molecule has 0 amide bonds. The summed E-state index contributed by atoms with van der Waals surface area (Å²) in [6, 6.07) is 13.4. The lowest BCUT2D eigenvalue weighted by atomic mass is 10.1. The SMILES string of the molecule is Cc1cc(-c2ccc(C#Cc3ccc(CC(=O)I)nc3)cc2)on1. The summed E-state index contributed by atoms with van der Waals surface area (Å²) < 4.78 is 5.31. The summed E-state index contributed by atoms with van der Waals surface area (Å²) in [4.78, 5) is 15.3. The molecule has 118 valence electrons. The van der Waals surface area contributed by atoms with Gasteiger partial charge in [0.2, 0.25) is 0 Å². The molecule has 0 spiro atoms. The highest BCUT2D eigenvalue weighted by atomic mass is 127. The van der Waals surface area contributed by atoms with Gasteiger partial charge in [-0.05, 0) is 65.9 Å². The first-order valence-electron chi connectivity index (χ1n) is 7.29. The van der Waals surface area contributed by atoms with Gasteiger partial charge in [0.25, 0.3) is 0 Å². The molecule has 0 unspecified atom stereocenters. The van der Waals surface area contributed by atoms with E-state index in [9.17, 15) is 4.79 Å². The molecule has 2 aromatic heterocycles. The summed E-state index contributed by atoms with van der Waals surface area (Å²) in [7, 11) is 0. The van der Waals surface area contributed by atoms with Gasteiger partial charge in [0.05, 0.1) is 12.1 Å². The topological polar surface area (TPSA) is 56.0 Å². The van der Waals surface area contributed by atoms with Gasteiger partial charge in [0.1, 0.15) is 0 Å². The molecule has 0 radical (unpaired) electrons. The van der Waals surface area contributed by atoms with E-state index in [4.69, 9.17) is 4.52 Å². The van der Waals surface area contributed by atoms with Gasteiger partial charge >= 0.3 is 0 Å². The van der Waals surface area contributed by atoms with Crippen molar-refractivity contribution in [2.75, 3.05) is 0 Å². The summed E-state index contributed by atoms with van der Waals surface area (Å²) >= 11 is 1.77. The van der Waals surface area contributed by atoms with Crippen molar-refractivity contribution in [3.63, 3.8) is 0 Å². The van der Waals surface area contributed by atoms with Crippen LogP contribution in [0.5, 0.6) is 0 Å². The van der Waals surface area contributed by atoms with Crippen LogP contribution in [0.4, 0.5) is 0 Å². The van der Waals surface area contributed by atoms with Crippen molar-refractivity contribution in [3.8, 4) is 23.2 Å². The highest BCUT2D eigenvalue weighted by Gasteiger charge is 2.03. The van der Waals surface area contributed by atoms with Crippen LogP contribution in [0.3, 0.4) is 0 Å². The number of pyridine rings is 1. The van der Waals surface area contributed by atoms with Gasteiger partial charge in [-0.2, -0.15) is 0 Å². The van der Waals surface area contributed by atoms with Gasteiger partial charge in [-0.15, -0.1) is 0 Å². The third kappa shape index (κ3) is 4.30. The molecule has 2 heterocycles. The van der Waals surface area contributed by atoms with Crippen LogP contribution in [0, 0.1) is 18.8 Å². The molecule has 0 saturated heterocycles. The second kappa shape index (κ2) is 7.41. The largest absolute Gasteiger partial charge is 0.356 e. The van der Waals surface area contributed by atoms with E-state index in [1.165, 1.54) is 0 Å². The fourth-order valence-corrected chi connectivity index (χ4v) is 2.50. The molecule has 0 aliphatic heterocycles. The highest BCUT2D eigenvalue weighted by Crippen LogP contribution is 2.20. The van der Waals surface area contributed by atoms with E-state index >= 15 is 0 Å². The molecule has 0 N–H and O–H groups in total. The molecule has 0 fully saturated rings. The fourth-order valence-electron chi connectivity index (χ4n) is 2.11. The molecule has 0 saturated carbocycles. The van der Waals surface area contributed by atoms with Crippen LogP contribution in [0.2, 0.25) is 0 Å². The number of aryl methyl sites for hydroxylation is 1. The van der Waals surface area contributed by atoms with E-state index in [2.05, 4.69) is 22.0 Å². The Morgan fingerprint density at radius 2 is 1.83 bits per heavy atom. The van der Waals surface area contributed by atoms with Gasteiger partial charge in [-0.1, -0.05) is 17.0 Å². The van der Waals surface area contributed by atoms with Crippen LogP contribution in [0.25, 0.3) is 11.3 Å². The zero-order valence-electron chi connectivity index (χ0n) is 12.9. The van der Waals surface area contributed by atoms with Crippen molar-refractivity contribution in [3.05, 3.63) is 71.2 Å². The van der Waals surface area contributed by atoms with Gasteiger partial charge in [-0.25, -0.2) is 0 Å². The van der Waals surface area contributed by atoms with E-state index in [-0.39, 0.29) is 3.79 Å². The maximum atomic E-state index is 11.0. The van der Waals surface area contributed by atoms with Crippen LogP contribution in [0.1, 0.15) is 22.5 Å². The van der Waals surface area contributed by atoms with E-state index in [1.54, 1.807) is 28.8 Å². The Morgan fingerprint density at radius 3 is 2.42 bits per heavy atom. The number of benzene rings is 1. The minimum atomic E-state index is 0.0703. The second-order valence-corrected chi connectivity index (χ2v) is 6.43. The highest BCUT2D eigenvalue weighted by molar-refractivity contribution is 14.1. The minimum Gasteiger partial charge on any atom is -0.356 e. The van der Waals surface area contributed by atoms with E-state index < -0.39 is 0 Å². The lowest BCUT2D eigenvalue weighted by Gasteiger charge is -1.97. The summed E-state index contributed by atoms with van der Waals surface area (Å²) in [5.74, 6) is 6.92. The van der Waals surface area contributed by atoms with Crippen LogP contribution < -0.4 is 0 Å². The Hall–Kier alpha value is -2.46. The fraction of sp³-hybridized carbons (Fsp3) is 0.105. The average Bonchev–Trinajstić information content (AvgIpc) is 3.01. The molecule has 0 atom stereocenters. The molecule has 0 bridgehead atoms. The standard InChI is InChI=1S/C19H13IN2O2/c1-13-10-18(24-22-13)16-7-4-14(5-8-16)2-3-15-6-9-17(21-12-15)11-19(20)23/h4-10,12H,11H2,1H3. The predicted molar refractivity (Wildman–Crippen MR) is 99.6 cm³/mol. The maximum absolute atomic E-state index is 11.0. The van der Waals surface area contributed by atoms with E-state index in [1.807, 2.05) is 49.4 Å². The van der Waals surface area contributed by atoms with Crippen molar-refractivity contribution in [2.45, 2.75) is 13.3 Å². The first kappa shape index (κ1) is 16.4. The van der Waals surface area contributed by atoms with Gasteiger partial charge in [0, 0.05) is 34.6 Å². The number of carbonyl (C=O) groups is 1. The molecule has 0 aliphatic carbocycles. The quantitative estimate of drug-likeness (QED) is 0.360. The predicted octanol–water partition coefficient (Wildman–Crippen LogP) is 3.95. The third-order valence-corrected chi connectivity index (χ3v) is 3.67. The van der Waals surface area contributed by atoms with Crippen LogP contribution in [0.15, 0.2) is 53.2 Å². The Morgan fingerprint density at radius 1 is 1.12 bits per heavy atom. The van der Waals surface area contributed by atoms with Crippen molar-refractivity contribution in [1.82, 2.24) is 10.1 Å². The summed E-state index contributed by atoms with van der Waals surface area (Å²) in [6.07, 6.45) is 2.03. The number of hydrogen-bond donors (Lipinski definition) is 0. The molecular weight excluding hydrogens is 415 g/mol. The minimum absolute atomic E-state index is 0.0703. The van der Waals surface area contributed by atoms with Crippen molar-refractivity contribution >= 4 is 26.4 Å². The number of rotatable bonds is 3. The third-order valence-electron chi connectivity index (χ3n) is 3.29. The van der Waals surface area contributed by atoms with Crippen molar-refractivity contribution in [1.29, 1.82) is 0 Å². The van der Waals surface area contributed by atoms with Crippen LogP contribution >= 0.6 is 22.6 Å². The maximum Gasteiger partial charge on any atom is 0.198 e. The van der Waals surface area contributed by atoms with E-state index in [0.717, 1.165) is 33.8 Å². The zero-order valence-corrected chi connectivity index (χ0v) is 15.1. The number of carbonyl (C=O) groups excluding carboxylic acids is 1. The Balaban J connectivity index is 1.72. The van der Waals surface area contributed by atoms with Gasteiger partial charge in [-0.3, -0.25) is 9.78 Å². The average molecular weight is 428 g/mol. The number of nitrogens with zero attached hydrogens (tertiary/aromatic N) is 2. The summed E-state index contributed by atoms with van der Waals surface area (Å²) in [5, 5.41) is 3.88. The molecule has 1 aromatic carbocycles. The monoisotopic (exact) mass is 428 g/mol. The zero-order chi connectivity index (χ0) is 16.9. The van der Waals surface area contributed by atoms with Crippen molar-refractivity contribution < 1.29 is 9.32 Å². The normalized spacial score (nSPS) is 10.1. The molecule has 3 rings (SSSR count). The molecule has 0 aliphatic rings.